The van der Waals surface area contributed by atoms with Gasteiger partial charge in [-0.1, -0.05) is 5.16 Å². The van der Waals surface area contributed by atoms with Crippen LogP contribution in [0, 0.1) is 0 Å². The Morgan fingerprint density at radius 3 is 2.48 bits per heavy atom. The van der Waals surface area contributed by atoms with Crippen molar-refractivity contribution >= 4 is 46.1 Å². The minimum atomic E-state index is -3.45. The summed E-state index contributed by atoms with van der Waals surface area (Å²) in [4.78, 5) is 18.2. The molecular weight excluding hydrogens is 539 g/mol. The molecule has 1 aliphatic heterocycles. The number of ether oxygens (including phenoxy) is 1. The summed E-state index contributed by atoms with van der Waals surface area (Å²) >= 11 is 0. The van der Waals surface area contributed by atoms with E-state index in [9.17, 15) is 13.2 Å². The molecule has 2 rings (SSSR count). The van der Waals surface area contributed by atoms with Crippen LogP contribution in [0.3, 0.4) is 0 Å². The fourth-order valence-electron chi connectivity index (χ4n) is 2.83. The highest BCUT2D eigenvalue weighted by Crippen LogP contribution is 2.13. The van der Waals surface area contributed by atoms with Crippen LogP contribution in [0.4, 0.5) is 4.79 Å². The largest absolute Gasteiger partial charge is 0.444 e. The van der Waals surface area contributed by atoms with E-state index in [1.807, 2.05) is 11.8 Å². The number of guanidine groups is 1. The first kappa shape index (κ1) is 27.4. The Morgan fingerprint density at radius 1 is 1.26 bits per heavy atom. The molecule has 0 spiro atoms. The van der Waals surface area contributed by atoms with Crippen LogP contribution < -0.4 is 10.6 Å². The Kier molecular flexibility index (Phi) is 11.0. The zero-order valence-corrected chi connectivity index (χ0v) is 21.6. The number of amides is 1. The summed E-state index contributed by atoms with van der Waals surface area (Å²) < 4.78 is 36.5. The molecule has 0 bridgehead atoms. The van der Waals surface area contributed by atoms with Gasteiger partial charge in [-0.05, 0) is 27.7 Å². The van der Waals surface area contributed by atoms with Gasteiger partial charge in [-0.15, -0.1) is 24.0 Å². The van der Waals surface area contributed by atoms with Crippen LogP contribution in [-0.4, -0.2) is 86.2 Å². The van der Waals surface area contributed by atoms with E-state index in [0.29, 0.717) is 57.5 Å². The molecule has 13 heteroatoms. The lowest BCUT2D eigenvalue weighted by molar-refractivity contribution is 0.0529. The lowest BCUT2D eigenvalue weighted by Crippen LogP contribution is -2.54. The van der Waals surface area contributed by atoms with Crippen molar-refractivity contribution in [3.05, 3.63) is 18.0 Å². The van der Waals surface area contributed by atoms with Gasteiger partial charge in [0.15, 0.2) is 5.96 Å². The molecule has 0 unspecified atom stereocenters. The van der Waals surface area contributed by atoms with Gasteiger partial charge in [0, 0.05) is 45.3 Å². The zero-order chi connectivity index (χ0) is 22.2. The third-order valence-electron chi connectivity index (χ3n) is 4.13. The number of rotatable bonds is 7. The van der Waals surface area contributed by atoms with Crippen molar-refractivity contribution in [2.24, 2.45) is 4.99 Å². The van der Waals surface area contributed by atoms with E-state index in [2.05, 4.69) is 20.8 Å². The molecule has 11 nitrogen and oxygen atoms in total. The number of hydrogen-bond donors (Lipinski definition) is 2. The fourth-order valence-corrected chi connectivity index (χ4v) is 4.25. The molecular formula is C18H33IN6O5S. The second-order valence-corrected chi connectivity index (χ2v) is 9.77. The van der Waals surface area contributed by atoms with E-state index in [0.717, 1.165) is 0 Å². The van der Waals surface area contributed by atoms with Crippen molar-refractivity contribution in [2.75, 3.05) is 45.8 Å². The number of piperazine rings is 1. The van der Waals surface area contributed by atoms with Crippen LogP contribution in [0.25, 0.3) is 0 Å². The number of carbonyl (C=O) groups excluding carboxylic acids is 1. The quantitative estimate of drug-likeness (QED) is 0.216. The van der Waals surface area contributed by atoms with Gasteiger partial charge in [0.1, 0.15) is 17.6 Å². The summed E-state index contributed by atoms with van der Waals surface area (Å²) in [5, 5.41) is 9.56. The molecule has 1 aromatic heterocycles. The number of carbonyl (C=O) groups is 1. The first-order valence-electron chi connectivity index (χ1n) is 9.98. The maximum Gasteiger partial charge on any atom is 0.407 e. The predicted octanol–water partition coefficient (Wildman–Crippen LogP) is 1.23. The Bertz CT molecular complexity index is 802. The standard InChI is InChI=1S/C18H32N6O5S.HI/c1-5-19-16(20-7-8-21-17(25)29-18(2,3)4)23-9-11-24(12-10-23)30(26,27)14-15-6-13-28-22-15;/h6,13H,5,7-12,14H2,1-4H3,(H,19,20)(H,21,25);1H. The molecule has 0 saturated carbocycles. The summed E-state index contributed by atoms with van der Waals surface area (Å²) in [6.45, 7) is 10.5. The zero-order valence-electron chi connectivity index (χ0n) is 18.5. The second kappa shape index (κ2) is 12.4. The van der Waals surface area contributed by atoms with Crippen molar-refractivity contribution in [1.29, 1.82) is 0 Å². The van der Waals surface area contributed by atoms with E-state index >= 15 is 0 Å². The Morgan fingerprint density at radius 2 is 1.94 bits per heavy atom. The van der Waals surface area contributed by atoms with Gasteiger partial charge >= 0.3 is 6.09 Å². The van der Waals surface area contributed by atoms with Crippen molar-refractivity contribution in [3.63, 3.8) is 0 Å². The topological polar surface area (TPSA) is 129 Å². The number of nitrogens with one attached hydrogen (secondary N) is 2. The Balaban J connectivity index is 0.00000480. The number of aromatic nitrogens is 1. The SMILES string of the molecule is CCNC(=NCCNC(=O)OC(C)(C)C)N1CCN(S(=O)(=O)Cc2ccon2)CC1.I. The van der Waals surface area contributed by atoms with Crippen molar-refractivity contribution < 1.29 is 22.5 Å². The van der Waals surface area contributed by atoms with Crippen LogP contribution >= 0.6 is 24.0 Å². The third kappa shape index (κ3) is 9.60. The molecule has 178 valence electrons. The number of aliphatic imine (C=N–C) groups is 1. The monoisotopic (exact) mass is 572 g/mol. The lowest BCUT2D eigenvalue weighted by Gasteiger charge is -2.35. The Hall–Kier alpha value is -1.61. The molecule has 2 heterocycles. The molecule has 0 radical (unpaired) electrons. The van der Waals surface area contributed by atoms with Crippen molar-refractivity contribution in [1.82, 2.24) is 25.0 Å². The average Bonchev–Trinajstić information content (AvgIpc) is 3.15. The molecule has 0 atom stereocenters. The predicted molar refractivity (Wildman–Crippen MR) is 128 cm³/mol. The van der Waals surface area contributed by atoms with Crippen LogP contribution in [0.2, 0.25) is 0 Å². The Labute approximate surface area is 201 Å². The number of alkyl carbamates (subject to hydrolysis) is 1. The molecule has 31 heavy (non-hydrogen) atoms. The minimum Gasteiger partial charge on any atom is -0.444 e. The third-order valence-corrected chi connectivity index (χ3v) is 5.94. The van der Waals surface area contributed by atoms with Gasteiger partial charge in [0.25, 0.3) is 0 Å². The first-order chi connectivity index (χ1) is 14.1. The van der Waals surface area contributed by atoms with Crippen LogP contribution in [0.1, 0.15) is 33.4 Å². The van der Waals surface area contributed by atoms with Gasteiger partial charge in [0.05, 0.1) is 12.2 Å². The van der Waals surface area contributed by atoms with Gasteiger partial charge in [-0.3, -0.25) is 4.99 Å². The van der Waals surface area contributed by atoms with Crippen molar-refractivity contribution in [2.45, 2.75) is 39.0 Å². The summed E-state index contributed by atoms with van der Waals surface area (Å²) in [5.41, 5.74) is -0.152. The summed E-state index contributed by atoms with van der Waals surface area (Å²) in [6.07, 6.45) is 0.883. The molecule has 0 aromatic carbocycles. The number of nitrogens with zero attached hydrogens (tertiary/aromatic N) is 4. The molecule has 2 N–H and O–H groups in total. The normalized spacial score (nSPS) is 15.9. The maximum absolute atomic E-state index is 12.6. The van der Waals surface area contributed by atoms with Gasteiger partial charge in [0.2, 0.25) is 10.0 Å². The summed E-state index contributed by atoms with van der Waals surface area (Å²) in [6, 6.07) is 1.55. The van der Waals surface area contributed by atoms with Crippen LogP contribution in [-0.2, 0) is 20.5 Å². The highest BCUT2D eigenvalue weighted by molar-refractivity contribution is 14.0. The number of sulfonamides is 1. The fraction of sp³-hybridized carbons (Fsp3) is 0.722. The second-order valence-electron chi connectivity index (χ2n) is 7.80. The summed E-state index contributed by atoms with van der Waals surface area (Å²) in [5.74, 6) is 0.519. The molecule has 1 amide bonds. The molecule has 0 aliphatic carbocycles. The van der Waals surface area contributed by atoms with E-state index in [1.165, 1.54) is 10.6 Å². The minimum absolute atomic E-state index is 0. The van der Waals surface area contributed by atoms with Crippen LogP contribution in [0.5, 0.6) is 0 Å². The molecule has 1 saturated heterocycles. The van der Waals surface area contributed by atoms with Gasteiger partial charge in [-0.2, -0.15) is 4.31 Å². The lowest BCUT2D eigenvalue weighted by atomic mass is 10.2. The van der Waals surface area contributed by atoms with Gasteiger partial charge < -0.3 is 24.8 Å². The van der Waals surface area contributed by atoms with Crippen molar-refractivity contribution in [3.8, 4) is 0 Å². The smallest absolute Gasteiger partial charge is 0.407 e. The van der Waals surface area contributed by atoms with E-state index in [-0.39, 0.29) is 29.7 Å². The number of halogens is 1. The first-order valence-corrected chi connectivity index (χ1v) is 11.6. The van der Waals surface area contributed by atoms with E-state index in [1.54, 1.807) is 26.8 Å². The van der Waals surface area contributed by atoms with Crippen LogP contribution in [0.15, 0.2) is 21.8 Å². The summed E-state index contributed by atoms with van der Waals surface area (Å²) in [7, 11) is -3.45. The average molecular weight is 572 g/mol. The highest BCUT2D eigenvalue weighted by atomic mass is 127. The maximum atomic E-state index is 12.6. The van der Waals surface area contributed by atoms with Gasteiger partial charge in [-0.25, -0.2) is 13.2 Å². The van der Waals surface area contributed by atoms with E-state index in [4.69, 9.17) is 9.26 Å². The highest BCUT2D eigenvalue weighted by Gasteiger charge is 2.29. The molecule has 1 aliphatic rings. The van der Waals surface area contributed by atoms with E-state index < -0.39 is 21.7 Å². The molecule has 1 aromatic rings. The number of hydrogen-bond acceptors (Lipinski definition) is 7. The molecule has 1 fully saturated rings.